The van der Waals surface area contributed by atoms with Crippen LogP contribution in [0, 0.1) is 5.92 Å². The maximum Gasteiger partial charge on any atom is 0.237 e. The molecule has 0 radical (unpaired) electrons. The van der Waals surface area contributed by atoms with Gasteiger partial charge in [-0.15, -0.1) is 23.7 Å². The third kappa shape index (κ3) is 4.80. The molecule has 0 aliphatic carbocycles. The molecule has 9 heteroatoms. The number of amides is 2. The highest BCUT2D eigenvalue weighted by Gasteiger charge is 2.26. The van der Waals surface area contributed by atoms with Crippen LogP contribution in [-0.2, 0) is 16.0 Å². The molecule has 7 nitrogen and oxygen atoms in total. The number of aromatic nitrogens is 2. The number of likely N-dealkylation sites (tertiary alicyclic amines) is 1. The predicted molar refractivity (Wildman–Crippen MR) is 107 cm³/mol. The summed E-state index contributed by atoms with van der Waals surface area (Å²) in [5, 5.41) is 8.27. The van der Waals surface area contributed by atoms with Gasteiger partial charge in [-0.2, -0.15) is 0 Å². The van der Waals surface area contributed by atoms with Gasteiger partial charge in [-0.05, 0) is 38.1 Å². The lowest BCUT2D eigenvalue weighted by atomic mass is 9.97. The first-order chi connectivity index (χ1) is 12.7. The number of thiazole rings is 1. The van der Waals surface area contributed by atoms with Crippen molar-refractivity contribution in [2.75, 3.05) is 26.2 Å². The summed E-state index contributed by atoms with van der Waals surface area (Å²) < 4.78 is 1.96. The number of piperidine rings is 1. The lowest BCUT2D eigenvalue weighted by Crippen LogP contribution is -2.47. The third-order valence-electron chi connectivity index (χ3n) is 5.29. The van der Waals surface area contributed by atoms with Crippen LogP contribution in [0.25, 0.3) is 4.96 Å². The Labute approximate surface area is 168 Å². The van der Waals surface area contributed by atoms with Crippen LogP contribution in [0.5, 0.6) is 0 Å². The first kappa shape index (κ1) is 20.1. The van der Waals surface area contributed by atoms with Crippen molar-refractivity contribution in [2.45, 2.75) is 38.1 Å². The summed E-state index contributed by atoms with van der Waals surface area (Å²) in [5.41, 5.74) is 0.824. The Bertz CT molecular complexity index is 757. The standard InChI is InChI=1S/C18H25N5O2S.ClH/c24-16(9-14-12-23-7-8-26-18(23)21-14)22-6-2-3-13(11-22)10-20-17(25)15-4-1-5-19-15;/h7-8,12-13,15,19H,1-6,9-11H2,(H,20,25);1H. The molecule has 2 atom stereocenters. The first-order valence-corrected chi connectivity index (χ1v) is 10.3. The van der Waals surface area contributed by atoms with Crippen LogP contribution in [0.4, 0.5) is 0 Å². The van der Waals surface area contributed by atoms with Gasteiger partial charge in [-0.1, -0.05) is 0 Å². The SMILES string of the molecule is Cl.O=C(NCC1CCCN(C(=O)Cc2cn3ccsc3n2)C1)C1CCCN1. The van der Waals surface area contributed by atoms with E-state index in [1.165, 1.54) is 0 Å². The van der Waals surface area contributed by atoms with E-state index in [2.05, 4.69) is 15.6 Å². The van der Waals surface area contributed by atoms with Crippen molar-refractivity contribution in [2.24, 2.45) is 5.92 Å². The van der Waals surface area contributed by atoms with Crippen LogP contribution in [0.1, 0.15) is 31.4 Å². The van der Waals surface area contributed by atoms with E-state index in [-0.39, 0.29) is 30.3 Å². The third-order valence-corrected chi connectivity index (χ3v) is 6.06. The van der Waals surface area contributed by atoms with Crippen LogP contribution >= 0.6 is 23.7 Å². The lowest BCUT2D eigenvalue weighted by Gasteiger charge is -2.33. The molecule has 148 valence electrons. The average molecular weight is 412 g/mol. The monoisotopic (exact) mass is 411 g/mol. The Balaban J connectivity index is 0.00000210. The number of halogens is 1. The Kier molecular flexibility index (Phi) is 6.73. The summed E-state index contributed by atoms with van der Waals surface area (Å²) in [6, 6.07) is -0.0360. The number of nitrogens with zero attached hydrogens (tertiary/aromatic N) is 3. The Morgan fingerprint density at radius 2 is 2.22 bits per heavy atom. The van der Waals surface area contributed by atoms with Crippen LogP contribution < -0.4 is 10.6 Å². The molecule has 0 bridgehead atoms. The molecule has 2 aliphatic heterocycles. The van der Waals surface area contributed by atoms with E-state index >= 15 is 0 Å². The van der Waals surface area contributed by atoms with E-state index in [9.17, 15) is 9.59 Å². The van der Waals surface area contributed by atoms with Crippen LogP contribution in [-0.4, -0.2) is 58.3 Å². The number of hydrogen-bond acceptors (Lipinski definition) is 5. The minimum atomic E-state index is -0.0360. The molecule has 2 fully saturated rings. The van der Waals surface area contributed by atoms with Crippen LogP contribution in [0.3, 0.4) is 0 Å². The van der Waals surface area contributed by atoms with E-state index in [4.69, 9.17) is 0 Å². The van der Waals surface area contributed by atoms with E-state index < -0.39 is 0 Å². The molecule has 2 amide bonds. The average Bonchev–Trinajstić information content (AvgIpc) is 3.37. The van der Waals surface area contributed by atoms with Gasteiger partial charge >= 0.3 is 0 Å². The molecule has 0 spiro atoms. The zero-order valence-corrected chi connectivity index (χ0v) is 16.9. The van der Waals surface area contributed by atoms with Gasteiger partial charge in [0, 0.05) is 37.4 Å². The number of nitrogens with one attached hydrogen (secondary N) is 2. The number of fused-ring (bicyclic) bond motifs is 1. The highest BCUT2D eigenvalue weighted by Crippen LogP contribution is 2.18. The number of hydrogen-bond donors (Lipinski definition) is 2. The van der Waals surface area contributed by atoms with Gasteiger partial charge < -0.3 is 15.5 Å². The maximum absolute atomic E-state index is 12.6. The number of carbonyl (C=O) groups excluding carboxylic acids is 2. The van der Waals surface area contributed by atoms with Crippen LogP contribution in [0.15, 0.2) is 17.8 Å². The molecule has 2 aromatic heterocycles. The lowest BCUT2D eigenvalue weighted by molar-refractivity contribution is -0.132. The molecule has 0 saturated carbocycles. The van der Waals surface area contributed by atoms with Gasteiger partial charge in [0.2, 0.25) is 11.8 Å². The fraction of sp³-hybridized carbons (Fsp3) is 0.611. The van der Waals surface area contributed by atoms with Crippen molar-refractivity contribution in [3.8, 4) is 0 Å². The first-order valence-electron chi connectivity index (χ1n) is 9.39. The molecule has 4 rings (SSSR count). The second kappa shape index (κ2) is 9.03. The summed E-state index contributed by atoms with van der Waals surface area (Å²) in [4.78, 5) is 32.1. The zero-order chi connectivity index (χ0) is 17.9. The number of carbonyl (C=O) groups is 2. The molecular weight excluding hydrogens is 386 g/mol. The Hall–Kier alpha value is -1.64. The van der Waals surface area contributed by atoms with Gasteiger partial charge in [0.1, 0.15) is 0 Å². The number of rotatable bonds is 5. The van der Waals surface area contributed by atoms with E-state index in [0.717, 1.165) is 56.0 Å². The highest BCUT2D eigenvalue weighted by molar-refractivity contribution is 7.15. The van der Waals surface area contributed by atoms with Gasteiger partial charge in [-0.3, -0.25) is 14.0 Å². The minimum Gasteiger partial charge on any atom is -0.354 e. The predicted octanol–water partition coefficient (Wildman–Crippen LogP) is 1.47. The van der Waals surface area contributed by atoms with Gasteiger partial charge in [0.15, 0.2) is 4.96 Å². The van der Waals surface area contributed by atoms with Crippen molar-refractivity contribution < 1.29 is 9.59 Å². The highest BCUT2D eigenvalue weighted by atomic mass is 35.5. The topological polar surface area (TPSA) is 78.7 Å². The normalized spacial score (nSPS) is 22.6. The summed E-state index contributed by atoms with van der Waals surface area (Å²) in [6.07, 6.45) is 8.27. The second-order valence-corrected chi connectivity index (χ2v) is 8.12. The van der Waals surface area contributed by atoms with Gasteiger partial charge in [-0.25, -0.2) is 4.98 Å². The summed E-state index contributed by atoms with van der Waals surface area (Å²) >= 11 is 1.57. The molecule has 2 unspecified atom stereocenters. The Morgan fingerprint density at radius 3 is 3.00 bits per heavy atom. The van der Waals surface area contributed by atoms with Crippen molar-refractivity contribution in [3.05, 3.63) is 23.5 Å². The van der Waals surface area contributed by atoms with E-state index in [1.54, 1.807) is 11.3 Å². The molecular formula is C18H26ClN5O2S. The fourth-order valence-corrected chi connectivity index (χ4v) is 4.58. The van der Waals surface area contributed by atoms with Crippen LogP contribution in [0.2, 0.25) is 0 Å². The molecule has 0 aromatic carbocycles. The quantitative estimate of drug-likeness (QED) is 0.780. The van der Waals surface area contributed by atoms with Gasteiger partial charge in [0.05, 0.1) is 18.2 Å². The van der Waals surface area contributed by atoms with Crippen molar-refractivity contribution in [1.82, 2.24) is 24.9 Å². The summed E-state index contributed by atoms with van der Waals surface area (Å²) in [7, 11) is 0. The van der Waals surface area contributed by atoms with Crippen molar-refractivity contribution >= 4 is 40.5 Å². The molecule has 2 aromatic rings. The molecule has 27 heavy (non-hydrogen) atoms. The van der Waals surface area contributed by atoms with E-state index in [0.29, 0.717) is 18.9 Å². The molecule has 2 saturated heterocycles. The van der Waals surface area contributed by atoms with Crippen molar-refractivity contribution in [3.63, 3.8) is 0 Å². The summed E-state index contributed by atoms with van der Waals surface area (Å²) in [5.74, 6) is 0.566. The maximum atomic E-state index is 12.6. The number of imidazole rings is 1. The largest absolute Gasteiger partial charge is 0.354 e. The molecule has 2 N–H and O–H groups in total. The zero-order valence-electron chi connectivity index (χ0n) is 15.2. The van der Waals surface area contributed by atoms with E-state index in [1.807, 2.05) is 27.1 Å². The molecule has 2 aliphatic rings. The fourth-order valence-electron chi connectivity index (χ4n) is 3.86. The van der Waals surface area contributed by atoms with Crippen molar-refractivity contribution in [1.29, 1.82) is 0 Å². The summed E-state index contributed by atoms with van der Waals surface area (Å²) in [6.45, 7) is 3.10. The smallest absolute Gasteiger partial charge is 0.237 e. The van der Waals surface area contributed by atoms with Gasteiger partial charge in [0.25, 0.3) is 0 Å². The Morgan fingerprint density at radius 1 is 1.33 bits per heavy atom. The molecule has 4 heterocycles. The minimum absolute atomic E-state index is 0. The second-order valence-electron chi connectivity index (χ2n) is 7.24.